The summed E-state index contributed by atoms with van der Waals surface area (Å²) in [5, 5.41) is 23.4. The van der Waals surface area contributed by atoms with Gasteiger partial charge in [-0.15, -0.1) is 10.6 Å². The van der Waals surface area contributed by atoms with Gasteiger partial charge in [0.25, 0.3) is 5.56 Å². The van der Waals surface area contributed by atoms with Crippen molar-refractivity contribution in [3.05, 3.63) is 46.4 Å². The van der Waals surface area contributed by atoms with Gasteiger partial charge in [0.1, 0.15) is 22.6 Å². The highest BCUT2D eigenvalue weighted by atomic mass is 16.1. The van der Waals surface area contributed by atoms with E-state index >= 15 is 0 Å². The van der Waals surface area contributed by atoms with Gasteiger partial charge in [0.05, 0.1) is 12.3 Å². The largest absolute Gasteiger partial charge is 0.341 e. The van der Waals surface area contributed by atoms with Crippen LogP contribution in [-0.4, -0.2) is 57.1 Å². The number of nitrogens with one attached hydrogen (secondary N) is 5. The third kappa shape index (κ3) is 5.62. The summed E-state index contributed by atoms with van der Waals surface area (Å²) < 4.78 is 0. The lowest BCUT2D eigenvalue weighted by Gasteiger charge is -2.31. The Bertz CT molecular complexity index is 1430. The van der Waals surface area contributed by atoms with E-state index in [2.05, 4.69) is 70.1 Å². The molecule has 1 aromatic carbocycles. The van der Waals surface area contributed by atoms with E-state index in [1.807, 2.05) is 12.1 Å². The summed E-state index contributed by atoms with van der Waals surface area (Å²) in [6.07, 6.45) is 6.11. The number of benzene rings is 1. The highest BCUT2D eigenvalue weighted by Gasteiger charge is 2.25. The summed E-state index contributed by atoms with van der Waals surface area (Å²) in [6, 6.07) is 10.5. The first-order valence-electron chi connectivity index (χ1n) is 13.5. The molecule has 0 unspecified atom stereocenters. The quantitative estimate of drug-likeness (QED) is 0.303. The highest BCUT2D eigenvalue weighted by molar-refractivity contribution is 5.90. The first-order valence-corrected chi connectivity index (χ1v) is 13.5. The zero-order chi connectivity index (χ0) is 26.6. The van der Waals surface area contributed by atoms with E-state index in [0.29, 0.717) is 40.9 Å². The fourth-order valence-corrected chi connectivity index (χ4v) is 5.54. The lowest BCUT2D eigenvalue weighted by atomic mass is 9.94. The van der Waals surface area contributed by atoms with Crippen molar-refractivity contribution in [3.63, 3.8) is 0 Å². The summed E-state index contributed by atoms with van der Waals surface area (Å²) in [4.78, 5) is 26.7. The number of rotatable bonds is 7. The fraction of sp³-hybridized carbons (Fsp3) is 0.462. The maximum Gasteiger partial charge on any atom is 0.277 e. The first-order chi connectivity index (χ1) is 19.2. The zero-order valence-corrected chi connectivity index (χ0v) is 21.7. The van der Waals surface area contributed by atoms with Crippen LogP contribution < -0.4 is 32.3 Å². The number of likely N-dealkylation sites (tertiary alicyclic amines) is 1. The van der Waals surface area contributed by atoms with Crippen LogP contribution in [0.2, 0.25) is 0 Å². The van der Waals surface area contributed by atoms with Gasteiger partial charge < -0.3 is 10.2 Å². The highest BCUT2D eigenvalue weighted by Crippen LogP contribution is 2.28. The third-order valence-corrected chi connectivity index (χ3v) is 7.80. The Kier molecular flexibility index (Phi) is 7.20. The standard InChI is InChI=1S/C26H32N12O/c27-10-5-17-6-13-38(14-7-17)26-30-21-15-28-34-25(39)22(21)24(31-26)29-20-3-1-18(2-4-20)16-37-11-8-19(9-12-37)23-32-35-36-33-23/h1-4,15,17,19,35-36H,5-9,11-14,16H2,(H,32,33)(H,34,39)(H,29,30,31). The predicted octanol–water partition coefficient (Wildman–Crippen LogP) is 1.72. The molecular weight excluding hydrogens is 496 g/mol. The van der Waals surface area contributed by atoms with Gasteiger partial charge in [-0.25, -0.2) is 15.6 Å². The second-order valence-electron chi connectivity index (χ2n) is 10.4. The zero-order valence-electron chi connectivity index (χ0n) is 21.7. The molecule has 0 bridgehead atoms. The molecule has 3 aliphatic heterocycles. The molecule has 13 heteroatoms. The Labute approximate surface area is 225 Å². The van der Waals surface area contributed by atoms with Gasteiger partial charge in [0.2, 0.25) is 5.95 Å². The Morgan fingerprint density at radius 3 is 2.56 bits per heavy atom. The van der Waals surface area contributed by atoms with Gasteiger partial charge in [0.15, 0.2) is 0 Å². The van der Waals surface area contributed by atoms with Crippen LogP contribution in [0.4, 0.5) is 17.5 Å². The number of hydrazine groups is 2. The van der Waals surface area contributed by atoms with Crippen LogP contribution in [-0.2, 0) is 6.54 Å². The Morgan fingerprint density at radius 2 is 1.85 bits per heavy atom. The van der Waals surface area contributed by atoms with Crippen molar-refractivity contribution in [2.75, 3.05) is 36.4 Å². The number of hydrogen-bond acceptors (Lipinski definition) is 12. The van der Waals surface area contributed by atoms with Crippen molar-refractivity contribution in [2.45, 2.75) is 38.6 Å². The molecule has 3 aliphatic rings. The number of hydrogen-bond donors (Lipinski definition) is 5. The lowest BCUT2D eigenvalue weighted by Crippen LogP contribution is -2.42. The number of nitrogens with zero attached hydrogens (tertiary/aromatic N) is 7. The van der Waals surface area contributed by atoms with Crippen molar-refractivity contribution >= 4 is 34.2 Å². The minimum absolute atomic E-state index is 0.334. The SMILES string of the molecule is N#CCC1CCN(c2nc(Nc3ccc(CN4CCC(C5=NNNN5)CC4)cc3)c3c(=O)[nH]ncc3n2)CC1. The van der Waals surface area contributed by atoms with E-state index in [4.69, 9.17) is 10.2 Å². The molecule has 0 atom stereocenters. The average Bonchev–Trinajstić information content (AvgIpc) is 3.50. The monoisotopic (exact) mass is 528 g/mol. The summed E-state index contributed by atoms with van der Waals surface area (Å²) in [5.41, 5.74) is 10.9. The molecule has 5 N–H and O–H groups in total. The Hall–Kier alpha value is -4.28. The normalized spacial score (nSPS) is 18.8. The number of H-pyrrole nitrogens is 1. The minimum atomic E-state index is -0.334. The summed E-state index contributed by atoms with van der Waals surface area (Å²) in [7, 11) is 0. The fourth-order valence-electron chi connectivity index (χ4n) is 5.54. The number of amidine groups is 1. The van der Waals surface area contributed by atoms with Crippen molar-refractivity contribution in [2.24, 2.45) is 16.9 Å². The van der Waals surface area contributed by atoms with Crippen molar-refractivity contribution in [1.82, 2.24) is 41.6 Å². The van der Waals surface area contributed by atoms with E-state index in [-0.39, 0.29) is 5.56 Å². The summed E-state index contributed by atoms with van der Waals surface area (Å²) >= 11 is 0. The molecule has 3 aromatic rings. The molecule has 13 nitrogen and oxygen atoms in total. The van der Waals surface area contributed by atoms with Gasteiger partial charge in [-0.05, 0) is 62.4 Å². The molecule has 0 spiro atoms. The number of anilines is 3. The average molecular weight is 529 g/mol. The Balaban J connectivity index is 1.14. The molecule has 0 saturated carbocycles. The van der Waals surface area contributed by atoms with Crippen LogP contribution in [0.3, 0.4) is 0 Å². The van der Waals surface area contributed by atoms with E-state index in [1.54, 1.807) is 6.20 Å². The lowest BCUT2D eigenvalue weighted by molar-refractivity contribution is 0.200. The summed E-state index contributed by atoms with van der Waals surface area (Å²) in [6.45, 7) is 4.48. The molecule has 2 aromatic heterocycles. The minimum Gasteiger partial charge on any atom is -0.341 e. The van der Waals surface area contributed by atoms with Crippen molar-refractivity contribution in [3.8, 4) is 6.07 Å². The maximum atomic E-state index is 12.7. The molecule has 5 heterocycles. The van der Waals surface area contributed by atoms with Crippen LogP contribution in [0.5, 0.6) is 0 Å². The number of hydrazone groups is 1. The van der Waals surface area contributed by atoms with E-state index in [9.17, 15) is 4.79 Å². The van der Waals surface area contributed by atoms with Gasteiger partial charge in [-0.3, -0.25) is 15.1 Å². The maximum absolute atomic E-state index is 12.7. The van der Waals surface area contributed by atoms with E-state index < -0.39 is 0 Å². The van der Waals surface area contributed by atoms with Crippen LogP contribution in [0, 0.1) is 23.2 Å². The van der Waals surface area contributed by atoms with Crippen LogP contribution >= 0.6 is 0 Å². The molecule has 2 fully saturated rings. The molecule has 6 rings (SSSR count). The molecule has 0 amide bonds. The molecule has 0 radical (unpaired) electrons. The predicted molar refractivity (Wildman–Crippen MR) is 148 cm³/mol. The molecule has 39 heavy (non-hydrogen) atoms. The van der Waals surface area contributed by atoms with E-state index in [0.717, 1.165) is 69.9 Å². The van der Waals surface area contributed by atoms with Crippen molar-refractivity contribution in [1.29, 1.82) is 5.26 Å². The second kappa shape index (κ2) is 11.2. The molecule has 202 valence electrons. The third-order valence-electron chi connectivity index (χ3n) is 7.80. The number of fused-ring (bicyclic) bond motifs is 1. The smallest absolute Gasteiger partial charge is 0.277 e. The Morgan fingerprint density at radius 1 is 1.05 bits per heavy atom. The van der Waals surface area contributed by atoms with Crippen LogP contribution in [0.25, 0.3) is 10.9 Å². The number of piperidine rings is 2. The molecular formula is C26H32N12O. The van der Waals surface area contributed by atoms with Gasteiger partial charge in [-0.1, -0.05) is 12.1 Å². The molecule has 2 saturated heterocycles. The van der Waals surface area contributed by atoms with Gasteiger partial charge in [0, 0.05) is 37.7 Å². The first kappa shape index (κ1) is 25.0. The van der Waals surface area contributed by atoms with Gasteiger partial charge >= 0.3 is 0 Å². The number of aromatic nitrogens is 4. The number of nitriles is 1. The van der Waals surface area contributed by atoms with E-state index in [1.165, 1.54) is 5.56 Å². The van der Waals surface area contributed by atoms with Crippen molar-refractivity contribution < 1.29 is 0 Å². The van der Waals surface area contributed by atoms with Crippen LogP contribution in [0.15, 0.2) is 40.4 Å². The topological polar surface area (TPSA) is 162 Å². The van der Waals surface area contributed by atoms with Gasteiger partial charge in [-0.2, -0.15) is 15.3 Å². The van der Waals surface area contributed by atoms with Crippen LogP contribution in [0.1, 0.15) is 37.7 Å². The second-order valence-corrected chi connectivity index (χ2v) is 10.4. The summed E-state index contributed by atoms with van der Waals surface area (Å²) in [5.74, 6) is 2.87. The molecule has 0 aliphatic carbocycles. The number of aromatic amines is 1.